The summed E-state index contributed by atoms with van der Waals surface area (Å²) in [6.07, 6.45) is 3.50. The molecule has 8 heteroatoms. The lowest BCUT2D eigenvalue weighted by Crippen LogP contribution is -2.38. The third kappa shape index (κ3) is 4.55. The fourth-order valence-corrected chi connectivity index (χ4v) is 4.39. The standard InChI is InChI=1S/C25H25FN6O/c1-15-11-16(2)29-25(28-15)30-20-5-6-21(27-14-20)17-7-9-32(10-8-17)24(33)23-12-18-3-4-19(26)13-22(18)31-23/h3-6,11-14,17,31H,7-10H2,1-2H3,(H,28,29,30). The number of H-pyrrole nitrogens is 1. The van der Waals surface area contributed by atoms with Crippen molar-refractivity contribution in [1.82, 2.24) is 24.8 Å². The molecule has 33 heavy (non-hydrogen) atoms. The highest BCUT2D eigenvalue weighted by atomic mass is 19.1. The molecule has 0 aliphatic carbocycles. The summed E-state index contributed by atoms with van der Waals surface area (Å²) in [4.78, 5) is 31.3. The predicted octanol–water partition coefficient (Wildman–Crippen LogP) is 4.87. The second-order valence-corrected chi connectivity index (χ2v) is 8.55. The molecule has 1 aliphatic heterocycles. The Hall–Kier alpha value is -3.81. The minimum atomic E-state index is -0.320. The van der Waals surface area contributed by atoms with E-state index in [-0.39, 0.29) is 11.7 Å². The molecule has 1 aliphatic rings. The van der Waals surface area contributed by atoms with Gasteiger partial charge in [0.05, 0.1) is 11.9 Å². The molecule has 1 fully saturated rings. The number of piperidine rings is 1. The van der Waals surface area contributed by atoms with E-state index in [1.165, 1.54) is 12.1 Å². The van der Waals surface area contributed by atoms with Gasteiger partial charge in [-0.25, -0.2) is 14.4 Å². The minimum absolute atomic E-state index is 0.0500. The van der Waals surface area contributed by atoms with Crippen molar-refractivity contribution in [3.8, 4) is 0 Å². The summed E-state index contributed by atoms with van der Waals surface area (Å²) in [7, 11) is 0. The number of carbonyl (C=O) groups excluding carboxylic acids is 1. The highest BCUT2D eigenvalue weighted by molar-refractivity contribution is 5.98. The molecule has 4 aromatic rings. The van der Waals surface area contributed by atoms with E-state index < -0.39 is 0 Å². The summed E-state index contributed by atoms with van der Waals surface area (Å²) in [6, 6.07) is 12.2. The molecule has 0 bridgehead atoms. The number of amides is 1. The quantitative estimate of drug-likeness (QED) is 0.469. The number of hydrogen-bond donors (Lipinski definition) is 2. The number of likely N-dealkylation sites (tertiary alicyclic amines) is 1. The molecule has 3 aromatic heterocycles. The van der Waals surface area contributed by atoms with Crippen LogP contribution in [0.4, 0.5) is 16.0 Å². The van der Waals surface area contributed by atoms with Gasteiger partial charge in [-0.05, 0) is 69.2 Å². The molecule has 1 saturated heterocycles. The first-order valence-corrected chi connectivity index (χ1v) is 11.1. The van der Waals surface area contributed by atoms with Crippen LogP contribution in [0.3, 0.4) is 0 Å². The van der Waals surface area contributed by atoms with Crippen LogP contribution in [0.25, 0.3) is 10.9 Å². The Kier molecular flexibility index (Phi) is 5.50. The van der Waals surface area contributed by atoms with Crippen LogP contribution in [0.2, 0.25) is 0 Å². The fraction of sp³-hybridized carbons (Fsp3) is 0.280. The first-order chi connectivity index (χ1) is 15.9. The Morgan fingerprint density at radius 2 is 1.82 bits per heavy atom. The van der Waals surface area contributed by atoms with E-state index in [1.807, 2.05) is 36.9 Å². The van der Waals surface area contributed by atoms with Crippen molar-refractivity contribution >= 4 is 28.4 Å². The van der Waals surface area contributed by atoms with Crippen LogP contribution in [0, 0.1) is 19.7 Å². The van der Waals surface area contributed by atoms with Gasteiger partial charge in [0, 0.05) is 47.0 Å². The number of rotatable bonds is 4. The molecule has 168 valence electrons. The maximum Gasteiger partial charge on any atom is 0.270 e. The Morgan fingerprint density at radius 3 is 2.52 bits per heavy atom. The van der Waals surface area contributed by atoms with Crippen LogP contribution in [0.5, 0.6) is 0 Å². The molecule has 5 rings (SSSR count). The summed E-state index contributed by atoms with van der Waals surface area (Å²) in [6.45, 7) is 5.20. The van der Waals surface area contributed by atoms with Crippen molar-refractivity contribution in [3.63, 3.8) is 0 Å². The van der Waals surface area contributed by atoms with Gasteiger partial charge in [0.15, 0.2) is 0 Å². The van der Waals surface area contributed by atoms with Crippen LogP contribution in [0.15, 0.2) is 48.7 Å². The number of carbonyl (C=O) groups is 1. The molecule has 2 N–H and O–H groups in total. The van der Waals surface area contributed by atoms with E-state index in [9.17, 15) is 9.18 Å². The van der Waals surface area contributed by atoms with Gasteiger partial charge in [-0.2, -0.15) is 0 Å². The topological polar surface area (TPSA) is 86.8 Å². The zero-order valence-corrected chi connectivity index (χ0v) is 18.6. The summed E-state index contributed by atoms with van der Waals surface area (Å²) in [5.74, 6) is 0.497. The Morgan fingerprint density at radius 1 is 1.06 bits per heavy atom. The van der Waals surface area contributed by atoms with E-state index in [0.717, 1.165) is 41.0 Å². The van der Waals surface area contributed by atoms with Crippen LogP contribution in [-0.4, -0.2) is 43.8 Å². The van der Waals surface area contributed by atoms with E-state index in [2.05, 4.69) is 25.3 Å². The van der Waals surface area contributed by atoms with Crippen molar-refractivity contribution < 1.29 is 9.18 Å². The zero-order chi connectivity index (χ0) is 22.9. The lowest BCUT2D eigenvalue weighted by Gasteiger charge is -2.31. The van der Waals surface area contributed by atoms with Crippen molar-refractivity contribution in [2.45, 2.75) is 32.6 Å². The number of hydrogen-bond acceptors (Lipinski definition) is 5. The van der Waals surface area contributed by atoms with Crippen molar-refractivity contribution in [3.05, 3.63) is 77.3 Å². The molecule has 0 spiro atoms. The third-order valence-electron chi connectivity index (χ3n) is 6.04. The summed E-state index contributed by atoms with van der Waals surface area (Å²) in [5, 5.41) is 4.04. The van der Waals surface area contributed by atoms with Gasteiger partial charge in [-0.1, -0.05) is 0 Å². The van der Waals surface area contributed by atoms with E-state index in [1.54, 1.807) is 18.3 Å². The lowest BCUT2D eigenvalue weighted by molar-refractivity contribution is 0.0707. The number of aryl methyl sites for hydroxylation is 2. The first-order valence-electron chi connectivity index (χ1n) is 11.1. The fourth-order valence-electron chi connectivity index (χ4n) is 4.39. The van der Waals surface area contributed by atoms with E-state index in [4.69, 9.17) is 0 Å². The normalized spacial score (nSPS) is 14.6. The molecular weight excluding hydrogens is 419 g/mol. The van der Waals surface area contributed by atoms with Crippen LogP contribution < -0.4 is 5.32 Å². The first kappa shape index (κ1) is 21.1. The maximum atomic E-state index is 13.4. The Labute approximate surface area is 191 Å². The van der Waals surface area contributed by atoms with Gasteiger partial charge in [0.25, 0.3) is 5.91 Å². The zero-order valence-electron chi connectivity index (χ0n) is 18.6. The second-order valence-electron chi connectivity index (χ2n) is 8.55. The van der Waals surface area contributed by atoms with Crippen molar-refractivity contribution in [2.75, 3.05) is 18.4 Å². The molecule has 1 amide bonds. The second kappa shape index (κ2) is 8.61. The number of halogens is 1. The average molecular weight is 445 g/mol. The highest BCUT2D eigenvalue weighted by Crippen LogP contribution is 2.28. The van der Waals surface area contributed by atoms with Crippen molar-refractivity contribution in [1.29, 1.82) is 0 Å². The average Bonchev–Trinajstić information content (AvgIpc) is 3.22. The van der Waals surface area contributed by atoms with Gasteiger partial charge >= 0.3 is 0 Å². The summed E-state index contributed by atoms with van der Waals surface area (Å²) < 4.78 is 13.4. The molecule has 7 nitrogen and oxygen atoms in total. The molecule has 1 aromatic carbocycles. The highest BCUT2D eigenvalue weighted by Gasteiger charge is 2.26. The van der Waals surface area contributed by atoms with Crippen LogP contribution in [-0.2, 0) is 0 Å². The van der Waals surface area contributed by atoms with Crippen LogP contribution in [0.1, 0.15) is 46.3 Å². The smallest absolute Gasteiger partial charge is 0.270 e. The molecule has 4 heterocycles. The number of nitrogens with zero attached hydrogens (tertiary/aromatic N) is 4. The van der Waals surface area contributed by atoms with Crippen molar-refractivity contribution in [2.24, 2.45) is 0 Å². The predicted molar refractivity (Wildman–Crippen MR) is 125 cm³/mol. The largest absolute Gasteiger partial charge is 0.350 e. The van der Waals surface area contributed by atoms with Gasteiger partial charge in [0.2, 0.25) is 5.95 Å². The summed E-state index contributed by atoms with van der Waals surface area (Å²) >= 11 is 0. The Balaban J connectivity index is 1.21. The van der Waals surface area contributed by atoms with Crippen LogP contribution >= 0.6 is 0 Å². The van der Waals surface area contributed by atoms with E-state index >= 15 is 0 Å². The molecule has 0 atom stereocenters. The minimum Gasteiger partial charge on any atom is -0.350 e. The summed E-state index contributed by atoms with van der Waals surface area (Å²) in [5.41, 5.74) is 4.82. The number of fused-ring (bicyclic) bond motifs is 1. The monoisotopic (exact) mass is 444 g/mol. The van der Waals surface area contributed by atoms with Gasteiger partial charge in [0.1, 0.15) is 11.5 Å². The SMILES string of the molecule is Cc1cc(C)nc(Nc2ccc(C3CCN(C(=O)c4cc5ccc(F)cc5[nH]4)CC3)nc2)n1. The molecule has 0 unspecified atom stereocenters. The number of anilines is 2. The third-order valence-corrected chi connectivity index (χ3v) is 6.04. The lowest BCUT2D eigenvalue weighted by atomic mass is 9.93. The number of benzene rings is 1. The molecular formula is C25H25FN6O. The number of aromatic nitrogens is 4. The van der Waals surface area contributed by atoms with E-state index in [0.29, 0.717) is 36.2 Å². The maximum absolute atomic E-state index is 13.4. The Bertz CT molecular complexity index is 1290. The number of nitrogens with one attached hydrogen (secondary N) is 2. The molecule has 0 saturated carbocycles. The van der Waals surface area contributed by atoms with Gasteiger partial charge in [-0.3, -0.25) is 9.78 Å². The van der Waals surface area contributed by atoms with Gasteiger partial charge < -0.3 is 15.2 Å². The molecule has 0 radical (unpaired) electrons. The number of aromatic amines is 1. The van der Waals surface area contributed by atoms with Gasteiger partial charge in [-0.15, -0.1) is 0 Å². The number of pyridine rings is 1.